The number of aromatic nitrogens is 2. The summed E-state index contributed by atoms with van der Waals surface area (Å²) in [5, 5.41) is 17.8. The van der Waals surface area contributed by atoms with Crippen molar-refractivity contribution in [3.8, 4) is 0 Å². The van der Waals surface area contributed by atoms with E-state index in [4.69, 9.17) is 0 Å². The van der Waals surface area contributed by atoms with Gasteiger partial charge in [0.05, 0.1) is 11.8 Å². The van der Waals surface area contributed by atoms with Crippen LogP contribution in [0.1, 0.15) is 6.42 Å². The number of carboxylic acids is 1. The molecular formula is C12H11N3O3S2. The van der Waals surface area contributed by atoms with Crippen molar-refractivity contribution >= 4 is 35.4 Å². The second kappa shape index (κ2) is 5.45. The van der Waals surface area contributed by atoms with Gasteiger partial charge in [0.15, 0.2) is 0 Å². The SMILES string of the molecule is O=C(O)C1=CC(CSc2cccnn2)S[C@@H]2CC(=O)N12. The number of carbonyl (C=O) groups excluding carboxylic acids is 1. The smallest absolute Gasteiger partial charge is 0.352 e. The van der Waals surface area contributed by atoms with Crippen LogP contribution < -0.4 is 0 Å². The zero-order valence-electron chi connectivity index (χ0n) is 10.3. The second-order valence-corrected chi connectivity index (χ2v) is 6.79. The van der Waals surface area contributed by atoms with Gasteiger partial charge in [0.25, 0.3) is 0 Å². The number of aliphatic carboxylic acids is 1. The van der Waals surface area contributed by atoms with Crippen LogP contribution in [0.4, 0.5) is 0 Å². The monoisotopic (exact) mass is 309 g/mol. The summed E-state index contributed by atoms with van der Waals surface area (Å²) in [6.45, 7) is 0. The fourth-order valence-corrected chi connectivity index (χ4v) is 4.51. The number of carbonyl (C=O) groups is 2. The van der Waals surface area contributed by atoms with Crippen LogP contribution >= 0.6 is 23.5 Å². The molecule has 3 rings (SSSR count). The summed E-state index contributed by atoms with van der Waals surface area (Å²) in [6.07, 6.45) is 3.69. The molecule has 1 fully saturated rings. The summed E-state index contributed by atoms with van der Waals surface area (Å²) in [5.41, 5.74) is 0.106. The summed E-state index contributed by atoms with van der Waals surface area (Å²) in [6, 6.07) is 3.68. The van der Waals surface area contributed by atoms with Gasteiger partial charge in [-0.25, -0.2) is 4.79 Å². The Labute approximate surface area is 123 Å². The van der Waals surface area contributed by atoms with E-state index < -0.39 is 5.97 Å². The van der Waals surface area contributed by atoms with Gasteiger partial charge in [-0.1, -0.05) is 0 Å². The van der Waals surface area contributed by atoms with E-state index in [1.165, 1.54) is 16.7 Å². The Morgan fingerprint density at radius 1 is 1.60 bits per heavy atom. The molecule has 0 radical (unpaired) electrons. The fraction of sp³-hybridized carbons (Fsp3) is 0.333. The Hall–Kier alpha value is -1.54. The summed E-state index contributed by atoms with van der Waals surface area (Å²) >= 11 is 3.16. The highest BCUT2D eigenvalue weighted by Crippen LogP contribution is 2.41. The molecule has 6 nitrogen and oxygen atoms in total. The Kier molecular flexibility index (Phi) is 3.66. The topological polar surface area (TPSA) is 83.4 Å². The van der Waals surface area contributed by atoms with E-state index in [1.807, 2.05) is 12.1 Å². The van der Waals surface area contributed by atoms with Gasteiger partial charge in [-0.15, -0.1) is 28.6 Å². The minimum atomic E-state index is -1.04. The number of hydrogen-bond acceptors (Lipinski definition) is 6. The van der Waals surface area contributed by atoms with Crippen LogP contribution in [0.15, 0.2) is 35.1 Å². The van der Waals surface area contributed by atoms with Gasteiger partial charge >= 0.3 is 5.97 Å². The zero-order chi connectivity index (χ0) is 14.1. The predicted molar refractivity (Wildman–Crippen MR) is 75.1 cm³/mol. The number of hydrogen-bond donors (Lipinski definition) is 1. The Morgan fingerprint density at radius 2 is 2.45 bits per heavy atom. The van der Waals surface area contributed by atoms with Crippen LogP contribution in [0, 0.1) is 0 Å². The molecule has 1 saturated heterocycles. The molecule has 2 atom stereocenters. The first-order valence-corrected chi connectivity index (χ1v) is 7.91. The lowest BCUT2D eigenvalue weighted by atomic mass is 10.1. The van der Waals surface area contributed by atoms with E-state index in [1.54, 1.807) is 24.0 Å². The van der Waals surface area contributed by atoms with Gasteiger partial charge in [-0.3, -0.25) is 9.69 Å². The molecule has 2 aliphatic heterocycles. The molecular weight excluding hydrogens is 298 g/mol. The van der Waals surface area contributed by atoms with Crippen molar-refractivity contribution < 1.29 is 14.7 Å². The summed E-state index contributed by atoms with van der Waals surface area (Å²) < 4.78 is 0. The molecule has 20 heavy (non-hydrogen) atoms. The van der Waals surface area contributed by atoms with E-state index in [0.717, 1.165) is 5.03 Å². The van der Waals surface area contributed by atoms with Crippen molar-refractivity contribution in [1.29, 1.82) is 0 Å². The first kappa shape index (κ1) is 13.4. The van der Waals surface area contributed by atoms with Gasteiger partial charge < -0.3 is 5.11 Å². The van der Waals surface area contributed by atoms with Crippen molar-refractivity contribution in [3.05, 3.63) is 30.1 Å². The van der Waals surface area contributed by atoms with Crippen LogP contribution in [-0.2, 0) is 9.59 Å². The number of rotatable bonds is 4. The quantitative estimate of drug-likeness (QED) is 0.661. The first-order chi connectivity index (χ1) is 9.65. The summed E-state index contributed by atoms with van der Waals surface area (Å²) in [7, 11) is 0. The van der Waals surface area contributed by atoms with E-state index in [-0.39, 0.29) is 22.2 Å². The lowest BCUT2D eigenvalue weighted by molar-refractivity contribution is -0.146. The molecule has 1 amide bonds. The number of carboxylic acid groups (broad SMARTS) is 1. The minimum absolute atomic E-state index is 0.0361. The fourth-order valence-electron chi connectivity index (χ4n) is 2.08. The van der Waals surface area contributed by atoms with Gasteiger partial charge in [0.1, 0.15) is 10.7 Å². The van der Waals surface area contributed by atoms with Gasteiger partial charge in [0, 0.05) is 17.2 Å². The molecule has 0 aliphatic carbocycles. The van der Waals surface area contributed by atoms with E-state index in [2.05, 4.69) is 10.2 Å². The van der Waals surface area contributed by atoms with E-state index in [9.17, 15) is 14.7 Å². The third-order valence-corrected chi connectivity index (χ3v) is 5.60. The molecule has 0 aromatic carbocycles. The van der Waals surface area contributed by atoms with Crippen LogP contribution in [0.3, 0.4) is 0 Å². The van der Waals surface area contributed by atoms with Crippen molar-refractivity contribution in [1.82, 2.24) is 15.1 Å². The molecule has 1 N–H and O–H groups in total. The number of thioether (sulfide) groups is 2. The summed E-state index contributed by atoms with van der Waals surface area (Å²) in [5.74, 6) is -0.451. The summed E-state index contributed by atoms with van der Waals surface area (Å²) in [4.78, 5) is 24.0. The third-order valence-electron chi connectivity index (χ3n) is 3.00. The van der Waals surface area contributed by atoms with E-state index in [0.29, 0.717) is 12.2 Å². The molecule has 1 unspecified atom stereocenters. The molecule has 1 aromatic heterocycles. The number of fused-ring (bicyclic) bond motifs is 1. The maximum Gasteiger partial charge on any atom is 0.352 e. The van der Waals surface area contributed by atoms with Crippen molar-refractivity contribution in [2.75, 3.05) is 5.75 Å². The highest BCUT2D eigenvalue weighted by atomic mass is 32.2. The van der Waals surface area contributed by atoms with Gasteiger partial charge in [-0.05, 0) is 18.2 Å². The molecule has 1 aromatic rings. The van der Waals surface area contributed by atoms with Crippen molar-refractivity contribution in [2.45, 2.75) is 22.1 Å². The van der Waals surface area contributed by atoms with E-state index >= 15 is 0 Å². The molecule has 104 valence electrons. The Balaban J connectivity index is 1.70. The standard InChI is InChI=1S/C12H11N3O3S2/c16-10-5-11-15(10)8(12(17)18)4-7(20-11)6-19-9-2-1-3-13-14-9/h1-4,7,11H,5-6H2,(H,17,18)/t7?,11-/m1/s1. The Bertz CT molecular complexity index is 579. The van der Waals surface area contributed by atoms with Crippen LogP contribution in [0.5, 0.6) is 0 Å². The molecule has 0 saturated carbocycles. The normalized spacial score (nSPS) is 24.7. The molecule has 8 heteroatoms. The Morgan fingerprint density at radius 3 is 3.10 bits per heavy atom. The van der Waals surface area contributed by atoms with Gasteiger partial charge in [0.2, 0.25) is 5.91 Å². The average Bonchev–Trinajstić information content (AvgIpc) is 2.44. The third kappa shape index (κ3) is 2.53. The lowest BCUT2D eigenvalue weighted by Crippen LogP contribution is -2.54. The second-order valence-electron chi connectivity index (χ2n) is 4.33. The van der Waals surface area contributed by atoms with Crippen molar-refractivity contribution in [3.63, 3.8) is 0 Å². The minimum Gasteiger partial charge on any atom is -0.477 e. The number of amides is 1. The predicted octanol–water partition coefficient (Wildman–Crippen LogP) is 1.21. The lowest BCUT2D eigenvalue weighted by Gasteiger charge is -2.44. The maximum atomic E-state index is 11.5. The highest BCUT2D eigenvalue weighted by molar-refractivity contribution is 8.03. The zero-order valence-corrected chi connectivity index (χ0v) is 11.9. The maximum absolute atomic E-state index is 11.5. The molecule has 0 bridgehead atoms. The highest BCUT2D eigenvalue weighted by Gasteiger charge is 2.45. The van der Waals surface area contributed by atoms with Crippen LogP contribution in [-0.4, -0.2) is 48.5 Å². The first-order valence-electron chi connectivity index (χ1n) is 5.98. The van der Waals surface area contributed by atoms with Crippen LogP contribution in [0.2, 0.25) is 0 Å². The van der Waals surface area contributed by atoms with Gasteiger partial charge in [-0.2, -0.15) is 5.10 Å². The van der Waals surface area contributed by atoms with Crippen LogP contribution in [0.25, 0.3) is 0 Å². The number of β-lactam (4-membered cyclic amide) rings is 1. The molecule has 0 spiro atoms. The molecule has 3 heterocycles. The molecule has 2 aliphatic rings. The largest absolute Gasteiger partial charge is 0.477 e. The average molecular weight is 309 g/mol. The number of nitrogens with zero attached hydrogens (tertiary/aromatic N) is 3. The van der Waals surface area contributed by atoms with Crippen molar-refractivity contribution in [2.24, 2.45) is 0 Å².